The average molecular weight is 352 g/mol. The molecule has 1 nitrogen and oxygen atoms in total. The highest BCUT2D eigenvalue weighted by Gasteiger charge is 2.46. The van der Waals surface area contributed by atoms with E-state index in [4.69, 9.17) is 0 Å². The second-order valence-corrected chi connectivity index (χ2v) is 12.9. The van der Waals surface area contributed by atoms with E-state index in [1.807, 2.05) is 0 Å². The number of methoxy groups -OCH3 is 1. The molecule has 3 heteroatoms. The number of hydrogen-bond acceptors (Lipinski definition) is 1. The fourth-order valence-corrected chi connectivity index (χ4v) is 8.53. The van der Waals surface area contributed by atoms with Gasteiger partial charge in [0.05, 0.1) is 23.6 Å². The van der Waals surface area contributed by atoms with Gasteiger partial charge in [0.25, 0.3) is 0 Å². The first-order valence-corrected chi connectivity index (χ1v) is 12.6. The summed E-state index contributed by atoms with van der Waals surface area (Å²) in [5.74, 6) is 0. The monoisotopic (exact) mass is 351 g/mol. The third kappa shape index (κ3) is 11.4. The molecule has 0 aromatic rings. The normalized spacial score (nSPS) is 12.0. The van der Waals surface area contributed by atoms with Gasteiger partial charge in [0.2, 0.25) is 0 Å². The Morgan fingerprint density at radius 3 is 1.32 bits per heavy atom. The Kier molecular flexibility index (Phi) is 17.5. The molecule has 0 amide bonds. The first-order chi connectivity index (χ1) is 10.3. The van der Waals surface area contributed by atoms with Gasteiger partial charge in [0.15, 0.2) is 0 Å². The number of hydrogen-bond donors (Lipinski definition) is 0. The van der Waals surface area contributed by atoms with Crippen LogP contribution in [0.15, 0.2) is 0 Å². The molecule has 0 bridgehead atoms. The summed E-state index contributed by atoms with van der Waals surface area (Å²) in [7, 11) is 3.54. The molecule has 0 spiro atoms. The van der Waals surface area contributed by atoms with E-state index >= 15 is 0 Å². The largest absolute Gasteiger partial charge is 0.384 e. The van der Waals surface area contributed by atoms with E-state index in [0.29, 0.717) is 5.16 Å². The van der Waals surface area contributed by atoms with Crippen LogP contribution < -0.4 is 0 Å². The summed E-state index contributed by atoms with van der Waals surface area (Å²) in [6.45, 7) is 15.4. The summed E-state index contributed by atoms with van der Waals surface area (Å²) >= 11 is 0. The molecule has 0 aromatic heterocycles. The van der Waals surface area contributed by atoms with Crippen LogP contribution in [0, 0.1) is 0 Å². The maximum atomic E-state index is 4.67. The summed E-state index contributed by atoms with van der Waals surface area (Å²) in [6.07, 6.45) is 14.2. The molecule has 0 radical (unpaired) electrons. The quantitative estimate of drug-likeness (QED) is 0.376. The Hall–Kier alpha value is 0.820. The number of ether oxygens (including phenoxy) is 1. The van der Waals surface area contributed by atoms with Crippen molar-refractivity contribution in [3.05, 3.63) is 0 Å². The molecule has 22 heavy (non-hydrogen) atoms. The van der Waals surface area contributed by atoms with Crippen molar-refractivity contribution in [3.8, 4) is 0 Å². The van der Waals surface area contributed by atoms with E-state index in [-0.39, 0.29) is 0 Å². The van der Waals surface area contributed by atoms with Crippen molar-refractivity contribution in [1.29, 1.82) is 0 Å². The van der Waals surface area contributed by atoms with Crippen LogP contribution in [-0.2, 0) is 4.74 Å². The summed E-state index contributed by atoms with van der Waals surface area (Å²) < 4.78 is 4.67. The van der Waals surface area contributed by atoms with Crippen molar-refractivity contribution in [2.45, 2.75) is 85.2 Å². The lowest BCUT2D eigenvalue weighted by Crippen LogP contribution is -2.27. The smallest absolute Gasteiger partial charge is 0.0715 e. The molecule has 1 unspecified atom stereocenters. The molecule has 0 heterocycles. The molecule has 0 aliphatic heterocycles. The molecule has 136 valence electrons. The molecule has 0 rings (SSSR count). The highest BCUT2D eigenvalue weighted by Crippen LogP contribution is 2.69. The summed E-state index contributed by atoms with van der Waals surface area (Å²) in [5, 5.41) is 0.576. The Labute approximate surface area is 145 Å². The topological polar surface area (TPSA) is 9.23 Å². The lowest BCUT2D eigenvalue weighted by molar-refractivity contribution is 0.218. The maximum absolute atomic E-state index is 4.67. The van der Waals surface area contributed by atoms with E-state index in [1.54, 1.807) is 25.6 Å². The van der Waals surface area contributed by atoms with Gasteiger partial charge in [-0.3, -0.25) is 0 Å². The molecule has 0 saturated carbocycles. The predicted molar refractivity (Wildman–Crippen MR) is 112 cm³/mol. The van der Waals surface area contributed by atoms with Gasteiger partial charge in [-0.05, 0) is 46.2 Å². The molecular formula is C19H45OP2+. The second-order valence-electron chi connectivity index (χ2n) is 7.33. The minimum Gasteiger partial charge on any atom is -0.384 e. The van der Waals surface area contributed by atoms with Gasteiger partial charge in [0, 0.05) is 21.0 Å². The second kappa shape index (κ2) is 15.4. The summed E-state index contributed by atoms with van der Waals surface area (Å²) in [4.78, 5) is 0. The zero-order chi connectivity index (χ0) is 17.5. The van der Waals surface area contributed by atoms with E-state index < -0.39 is 7.26 Å². The van der Waals surface area contributed by atoms with Crippen LogP contribution in [0.2, 0.25) is 0 Å². The third-order valence-corrected chi connectivity index (χ3v) is 11.2. The average Bonchev–Trinajstić information content (AvgIpc) is 2.47. The van der Waals surface area contributed by atoms with Gasteiger partial charge in [-0.25, -0.2) is 0 Å². The van der Waals surface area contributed by atoms with Crippen molar-refractivity contribution < 1.29 is 4.74 Å². The minimum absolute atomic E-state index is 0.576. The standard InChI is InChI=1S/C16H36P.C3H9OP/c1-7-10-13-17(14-11-8-2,15-12-9-3)16(4,5)6;1-4-2-3-5/h7-15H2,1-6H3;2-3,5H2,1H3/q+1;. The van der Waals surface area contributed by atoms with Crippen LogP contribution in [0.5, 0.6) is 0 Å². The van der Waals surface area contributed by atoms with Crippen LogP contribution in [0.4, 0.5) is 0 Å². The highest BCUT2D eigenvalue weighted by molar-refractivity contribution is 7.77. The highest BCUT2D eigenvalue weighted by atomic mass is 31.2. The lowest BCUT2D eigenvalue weighted by Gasteiger charge is -2.39. The maximum Gasteiger partial charge on any atom is 0.0715 e. The van der Waals surface area contributed by atoms with E-state index in [2.05, 4.69) is 55.5 Å². The molecule has 0 fully saturated rings. The first-order valence-electron chi connectivity index (χ1n) is 9.40. The summed E-state index contributed by atoms with van der Waals surface area (Å²) in [6, 6.07) is 0. The molecule has 0 N–H and O–H groups in total. The first kappa shape index (κ1) is 25.1. The SMILES string of the molecule is CCCC[P+](CCCC)(CCCC)C(C)(C)C.COCCP. The molecule has 0 saturated heterocycles. The van der Waals surface area contributed by atoms with Crippen molar-refractivity contribution in [2.24, 2.45) is 0 Å². The van der Waals surface area contributed by atoms with Crippen LogP contribution in [0.3, 0.4) is 0 Å². The van der Waals surface area contributed by atoms with E-state index in [9.17, 15) is 0 Å². The number of rotatable bonds is 11. The number of unbranched alkanes of at least 4 members (excludes halogenated alkanes) is 3. The Balaban J connectivity index is 0. The molecule has 1 atom stereocenters. The van der Waals surface area contributed by atoms with Gasteiger partial charge >= 0.3 is 0 Å². The van der Waals surface area contributed by atoms with E-state index in [1.165, 1.54) is 38.5 Å². The fourth-order valence-electron chi connectivity index (χ4n) is 2.84. The van der Waals surface area contributed by atoms with Gasteiger partial charge in [-0.15, -0.1) is 9.24 Å². The molecule has 0 aliphatic carbocycles. The molecule has 0 aliphatic rings. The zero-order valence-corrected chi connectivity index (χ0v) is 18.8. The summed E-state index contributed by atoms with van der Waals surface area (Å²) in [5.41, 5.74) is 0. The Morgan fingerprint density at radius 1 is 0.818 bits per heavy atom. The van der Waals surface area contributed by atoms with Gasteiger partial charge in [-0.1, -0.05) is 40.0 Å². The van der Waals surface area contributed by atoms with Crippen LogP contribution >= 0.6 is 16.5 Å². The Bertz CT molecular complexity index is 200. The third-order valence-electron chi connectivity index (χ3n) is 4.56. The molecular weight excluding hydrogens is 306 g/mol. The fraction of sp³-hybridized carbons (Fsp3) is 1.00. The van der Waals surface area contributed by atoms with Crippen LogP contribution in [0.25, 0.3) is 0 Å². The minimum atomic E-state index is -0.730. The van der Waals surface area contributed by atoms with Crippen LogP contribution in [-0.4, -0.2) is 43.5 Å². The predicted octanol–water partition coefficient (Wildman–Crippen LogP) is 6.71. The van der Waals surface area contributed by atoms with Crippen molar-refractivity contribution in [2.75, 3.05) is 38.4 Å². The van der Waals surface area contributed by atoms with Crippen molar-refractivity contribution in [3.63, 3.8) is 0 Å². The lowest BCUT2D eigenvalue weighted by atomic mass is 10.2. The van der Waals surface area contributed by atoms with Gasteiger partial charge < -0.3 is 4.74 Å². The van der Waals surface area contributed by atoms with E-state index in [0.717, 1.165) is 12.8 Å². The van der Waals surface area contributed by atoms with Crippen molar-refractivity contribution in [1.82, 2.24) is 0 Å². The molecule has 0 aromatic carbocycles. The zero-order valence-electron chi connectivity index (χ0n) is 16.7. The Morgan fingerprint density at radius 2 is 1.18 bits per heavy atom. The van der Waals surface area contributed by atoms with Gasteiger partial charge in [-0.2, -0.15) is 0 Å². The van der Waals surface area contributed by atoms with Crippen molar-refractivity contribution >= 4 is 16.5 Å². The van der Waals surface area contributed by atoms with Crippen LogP contribution in [0.1, 0.15) is 80.1 Å². The van der Waals surface area contributed by atoms with Gasteiger partial charge in [0.1, 0.15) is 0 Å².